The predicted molar refractivity (Wildman–Crippen MR) is 108 cm³/mol. The highest BCUT2D eigenvalue weighted by atomic mass is 16.3. The molecule has 0 spiro atoms. The van der Waals surface area contributed by atoms with E-state index in [0.717, 1.165) is 29.4 Å². The number of anilines is 2. The molecular weight excluding hydrogens is 354 g/mol. The van der Waals surface area contributed by atoms with E-state index in [0.29, 0.717) is 22.7 Å². The summed E-state index contributed by atoms with van der Waals surface area (Å²) in [6.45, 7) is 3.25. The number of hydrogen-bond acceptors (Lipinski definition) is 5. The fraction of sp³-hybridized carbons (Fsp3) is 0.286. The second kappa shape index (κ2) is 6.66. The normalized spacial score (nSPS) is 13.8. The van der Waals surface area contributed by atoms with Gasteiger partial charge >= 0.3 is 0 Å². The van der Waals surface area contributed by atoms with Crippen LogP contribution in [0.5, 0.6) is 0 Å². The molecule has 1 aromatic carbocycles. The molecule has 2 aromatic heterocycles. The lowest BCUT2D eigenvalue weighted by Crippen LogP contribution is -2.14. The first-order valence-corrected chi connectivity index (χ1v) is 9.10. The van der Waals surface area contributed by atoms with Gasteiger partial charge in [-0.1, -0.05) is 11.8 Å². The smallest absolute Gasteiger partial charge is 0.228 e. The van der Waals surface area contributed by atoms with E-state index in [1.165, 1.54) is 0 Å². The Morgan fingerprint density at radius 2 is 2.11 bits per heavy atom. The Hall–Kier alpha value is -3.37. The molecule has 5 N–H and O–H groups in total. The average Bonchev–Trinajstić information content (AvgIpc) is 3.43. The molecule has 0 saturated heterocycles. The Bertz CT molecular complexity index is 1130. The maximum Gasteiger partial charge on any atom is 0.228 e. The van der Waals surface area contributed by atoms with Gasteiger partial charge in [0.1, 0.15) is 11.4 Å². The van der Waals surface area contributed by atoms with Gasteiger partial charge in [0.2, 0.25) is 5.91 Å². The Labute approximate surface area is 162 Å². The zero-order chi connectivity index (χ0) is 19.9. The van der Waals surface area contributed by atoms with Crippen molar-refractivity contribution >= 4 is 28.4 Å². The molecule has 28 heavy (non-hydrogen) atoms. The predicted octanol–water partition coefficient (Wildman–Crippen LogP) is 2.68. The van der Waals surface area contributed by atoms with Crippen LogP contribution in [0.2, 0.25) is 0 Å². The van der Waals surface area contributed by atoms with Crippen LogP contribution in [0, 0.1) is 17.8 Å². The molecule has 1 aliphatic carbocycles. The lowest BCUT2D eigenvalue weighted by molar-refractivity contribution is -0.117. The van der Waals surface area contributed by atoms with Crippen molar-refractivity contribution in [2.45, 2.75) is 32.3 Å². The molecule has 3 aromatic rings. The highest BCUT2D eigenvalue weighted by molar-refractivity contribution is 5.97. The topological polar surface area (TPSA) is 117 Å². The molecule has 1 fully saturated rings. The van der Waals surface area contributed by atoms with Gasteiger partial charge in [0.05, 0.1) is 11.1 Å². The van der Waals surface area contributed by atoms with E-state index in [4.69, 9.17) is 5.73 Å². The van der Waals surface area contributed by atoms with Gasteiger partial charge in [0, 0.05) is 17.5 Å². The summed E-state index contributed by atoms with van der Waals surface area (Å²) in [7, 11) is 0. The quantitative estimate of drug-likeness (QED) is 0.525. The number of carbonyl (C=O) groups excluding carboxylic acids is 1. The van der Waals surface area contributed by atoms with E-state index in [2.05, 4.69) is 32.3 Å². The third-order valence-corrected chi connectivity index (χ3v) is 4.50. The number of benzene rings is 1. The number of nitrogens with one attached hydrogen (secondary N) is 2. The van der Waals surface area contributed by atoms with Crippen LogP contribution in [0.3, 0.4) is 0 Å². The summed E-state index contributed by atoms with van der Waals surface area (Å²) < 4.78 is 0. The summed E-state index contributed by atoms with van der Waals surface area (Å²) in [5.41, 5.74) is 8.01. The van der Waals surface area contributed by atoms with Gasteiger partial charge in [0.15, 0.2) is 5.82 Å². The van der Waals surface area contributed by atoms with Gasteiger partial charge in [-0.2, -0.15) is 5.10 Å². The number of amides is 1. The first-order valence-electron chi connectivity index (χ1n) is 9.10. The van der Waals surface area contributed by atoms with E-state index in [-0.39, 0.29) is 11.8 Å². The zero-order valence-corrected chi connectivity index (χ0v) is 15.7. The van der Waals surface area contributed by atoms with E-state index >= 15 is 0 Å². The summed E-state index contributed by atoms with van der Waals surface area (Å²) >= 11 is 0. The van der Waals surface area contributed by atoms with E-state index in [1.54, 1.807) is 20.0 Å². The van der Waals surface area contributed by atoms with Gasteiger partial charge in [-0.25, -0.2) is 4.98 Å². The summed E-state index contributed by atoms with van der Waals surface area (Å²) in [5.74, 6) is 6.84. The van der Waals surface area contributed by atoms with Crippen LogP contribution in [-0.4, -0.2) is 31.8 Å². The lowest BCUT2D eigenvalue weighted by Gasteiger charge is -2.09. The standard InChI is InChI=1S/C21H21N5O2/c1-21(2,28)7-5-14-9-15(10-16-18(14)25-26-19(16)22)13-6-8-23-17(11-13)24-20(27)12-3-4-12/h6,8-12,28H,3-4H2,1-2H3,(H3,22,25,26)(H,23,24,27). The molecule has 2 heterocycles. The molecule has 0 unspecified atom stereocenters. The molecular formula is C21H21N5O2. The largest absolute Gasteiger partial charge is 0.382 e. The molecule has 1 aliphatic rings. The van der Waals surface area contributed by atoms with Crippen molar-refractivity contribution in [1.29, 1.82) is 0 Å². The number of H-pyrrole nitrogens is 1. The summed E-state index contributed by atoms with van der Waals surface area (Å²) in [6.07, 6.45) is 3.53. The van der Waals surface area contributed by atoms with Crippen LogP contribution in [0.25, 0.3) is 22.0 Å². The molecule has 4 rings (SSSR count). The fourth-order valence-electron chi connectivity index (χ4n) is 2.88. The zero-order valence-electron chi connectivity index (χ0n) is 15.7. The number of aromatic amines is 1. The van der Waals surface area contributed by atoms with Gasteiger partial charge in [-0.3, -0.25) is 9.89 Å². The van der Waals surface area contributed by atoms with Crippen LogP contribution in [0.15, 0.2) is 30.5 Å². The molecule has 0 atom stereocenters. The van der Waals surface area contributed by atoms with Crippen molar-refractivity contribution in [3.8, 4) is 23.0 Å². The Balaban J connectivity index is 1.77. The minimum absolute atomic E-state index is 0.0101. The minimum Gasteiger partial charge on any atom is -0.382 e. The van der Waals surface area contributed by atoms with E-state index in [9.17, 15) is 9.90 Å². The van der Waals surface area contributed by atoms with Gasteiger partial charge < -0.3 is 16.2 Å². The highest BCUT2D eigenvalue weighted by Gasteiger charge is 2.29. The summed E-state index contributed by atoms with van der Waals surface area (Å²) in [4.78, 5) is 16.3. The number of nitrogens with two attached hydrogens (primary N) is 1. The number of rotatable bonds is 3. The number of carbonyl (C=O) groups is 1. The number of nitrogen functional groups attached to an aromatic ring is 1. The average molecular weight is 375 g/mol. The van der Waals surface area contributed by atoms with Crippen molar-refractivity contribution in [2.75, 3.05) is 11.1 Å². The number of pyridine rings is 1. The van der Waals surface area contributed by atoms with Gasteiger partial charge in [-0.15, -0.1) is 0 Å². The molecule has 0 bridgehead atoms. The number of fused-ring (bicyclic) bond motifs is 1. The SMILES string of the molecule is CC(C)(O)C#Cc1cc(-c2ccnc(NC(=O)C3CC3)c2)cc2c(N)n[nH]c12. The van der Waals surface area contributed by atoms with E-state index < -0.39 is 5.60 Å². The molecule has 0 radical (unpaired) electrons. The van der Waals surface area contributed by atoms with Crippen molar-refractivity contribution in [3.63, 3.8) is 0 Å². The first-order chi connectivity index (χ1) is 13.3. The monoisotopic (exact) mass is 375 g/mol. The second-order valence-electron chi connectivity index (χ2n) is 7.56. The first kappa shape index (κ1) is 18.0. The van der Waals surface area contributed by atoms with Crippen LogP contribution in [0.4, 0.5) is 11.6 Å². The van der Waals surface area contributed by atoms with Crippen LogP contribution >= 0.6 is 0 Å². The van der Waals surface area contributed by atoms with Crippen LogP contribution in [-0.2, 0) is 4.79 Å². The molecule has 7 nitrogen and oxygen atoms in total. The molecule has 142 valence electrons. The maximum atomic E-state index is 12.0. The second-order valence-corrected chi connectivity index (χ2v) is 7.56. The number of aromatic nitrogens is 3. The molecule has 1 saturated carbocycles. The number of nitrogens with zero attached hydrogens (tertiary/aromatic N) is 2. The summed E-state index contributed by atoms with van der Waals surface area (Å²) in [5, 5.41) is 20.5. The molecule has 1 amide bonds. The van der Waals surface area contributed by atoms with Crippen molar-refractivity contribution < 1.29 is 9.90 Å². The Kier molecular flexibility index (Phi) is 4.28. The van der Waals surface area contributed by atoms with E-state index in [1.807, 2.05) is 24.3 Å². The fourth-order valence-corrected chi connectivity index (χ4v) is 2.88. The Morgan fingerprint density at radius 3 is 2.82 bits per heavy atom. The van der Waals surface area contributed by atoms with Crippen molar-refractivity contribution in [2.24, 2.45) is 5.92 Å². The maximum absolute atomic E-state index is 12.0. The highest BCUT2D eigenvalue weighted by Crippen LogP contribution is 2.32. The Morgan fingerprint density at radius 1 is 1.32 bits per heavy atom. The van der Waals surface area contributed by atoms with Crippen molar-refractivity contribution in [1.82, 2.24) is 15.2 Å². The van der Waals surface area contributed by atoms with Crippen LogP contribution < -0.4 is 11.1 Å². The third-order valence-electron chi connectivity index (χ3n) is 4.50. The minimum atomic E-state index is -1.12. The third kappa shape index (κ3) is 3.82. The van der Waals surface area contributed by atoms with Gasteiger partial charge in [-0.05, 0) is 62.1 Å². The number of hydrogen-bond donors (Lipinski definition) is 4. The summed E-state index contributed by atoms with van der Waals surface area (Å²) in [6, 6.07) is 7.51. The van der Waals surface area contributed by atoms with Crippen molar-refractivity contribution in [3.05, 3.63) is 36.0 Å². The lowest BCUT2D eigenvalue weighted by atomic mass is 10.00. The van der Waals surface area contributed by atoms with Crippen LogP contribution in [0.1, 0.15) is 32.3 Å². The van der Waals surface area contributed by atoms with Gasteiger partial charge in [0.25, 0.3) is 0 Å². The molecule has 0 aliphatic heterocycles. The molecule has 7 heteroatoms. The number of aliphatic hydroxyl groups is 1.